The van der Waals surface area contributed by atoms with E-state index in [1.54, 1.807) is 6.07 Å². The van der Waals surface area contributed by atoms with Crippen LogP contribution in [0.5, 0.6) is 0 Å². The van der Waals surface area contributed by atoms with Crippen molar-refractivity contribution in [1.82, 2.24) is 10.2 Å². The Hall–Kier alpha value is -1.08. The summed E-state index contributed by atoms with van der Waals surface area (Å²) in [5, 5.41) is 13.0. The van der Waals surface area contributed by atoms with E-state index < -0.39 is 0 Å². The fraction of sp³-hybridized carbons (Fsp3) is 0.500. The van der Waals surface area contributed by atoms with Crippen LogP contribution in [-0.4, -0.2) is 31.1 Å². The molecule has 2 fully saturated rings. The average Bonchev–Trinajstić information content (AvgIpc) is 2.92. The number of nitrogens with one attached hydrogen (secondary N) is 1. The second-order valence-corrected chi connectivity index (χ2v) is 5.70. The second-order valence-electron chi connectivity index (χ2n) is 5.29. The molecule has 0 saturated carbocycles. The van der Waals surface area contributed by atoms with E-state index in [-0.39, 0.29) is 0 Å². The third kappa shape index (κ3) is 2.24. The van der Waals surface area contributed by atoms with E-state index in [0.29, 0.717) is 10.6 Å². The highest BCUT2D eigenvalue weighted by molar-refractivity contribution is 6.31. The van der Waals surface area contributed by atoms with Crippen molar-refractivity contribution in [1.29, 1.82) is 5.26 Å². The van der Waals surface area contributed by atoms with Crippen molar-refractivity contribution in [3.05, 3.63) is 34.3 Å². The van der Waals surface area contributed by atoms with Crippen LogP contribution in [0.15, 0.2) is 18.2 Å². The van der Waals surface area contributed by atoms with Crippen LogP contribution in [-0.2, 0) is 6.54 Å². The van der Waals surface area contributed by atoms with Gasteiger partial charge in [0.05, 0.1) is 11.6 Å². The highest BCUT2D eigenvalue weighted by atomic mass is 35.5. The van der Waals surface area contributed by atoms with Crippen LogP contribution in [0.4, 0.5) is 0 Å². The number of rotatable bonds is 2. The Kier molecular flexibility index (Phi) is 3.25. The van der Waals surface area contributed by atoms with Gasteiger partial charge in [-0.1, -0.05) is 17.7 Å². The highest BCUT2D eigenvalue weighted by Crippen LogP contribution is 2.29. The monoisotopic (exact) mass is 261 g/mol. The predicted molar refractivity (Wildman–Crippen MR) is 71.3 cm³/mol. The lowest BCUT2D eigenvalue weighted by Gasteiger charge is -2.17. The molecule has 0 radical (unpaired) electrons. The smallest absolute Gasteiger partial charge is 0.0992 e. The summed E-state index contributed by atoms with van der Waals surface area (Å²) in [7, 11) is 0. The number of hydrogen-bond donors (Lipinski definition) is 1. The zero-order chi connectivity index (χ0) is 12.5. The van der Waals surface area contributed by atoms with E-state index in [2.05, 4.69) is 16.3 Å². The SMILES string of the molecule is N#Cc1ccc(CN2CC3CNCC3C2)c(Cl)c1. The van der Waals surface area contributed by atoms with E-state index in [0.717, 1.165) is 50.1 Å². The molecular weight excluding hydrogens is 246 g/mol. The van der Waals surface area contributed by atoms with Gasteiger partial charge in [0.1, 0.15) is 0 Å². The largest absolute Gasteiger partial charge is 0.316 e. The predicted octanol–water partition coefficient (Wildman–Crippen LogP) is 1.86. The summed E-state index contributed by atoms with van der Waals surface area (Å²) in [6, 6.07) is 7.70. The van der Waals surface area contributed by atoms with Crippen LogP contribution < -0.4 is 5.32 Å². The molecule has 1 aromatic rings. The molecule has 2 atom stereocenters. The first-order chi connectivity index (χ1) is 8.76. The van der Waals surface area contributed by atoms with Gasteiger partial charge in [-0.3, -0.25) is 4.90 Å². The van der Waals surface area contributed by atoms with Crippen LogP contribution in [0.3, 0.4) is 0 Å². The number of nitrogens with zero attached hydrogens (tertiary/aromatic N) is 2. The maximum absolute atomic E-state index is 8.82. The van der Waals surface area contributed by atoms with Crippen LogP contribution in [0, 0.1) is 23.2 Å². The first kappa shape index (κ1) is 12.0. The van der Waals surface area contributed by atoms with Gasteiger partial charge >= 0.3 is 0 Å². The summed E-state index contributed by atoms with van der Waals surface area (Å²) >= 11 is 6.22. The molecule has 0 aromatic heterocycles. The molecule has 2 aliphatic rings. The summed E-state index contributed by atoms with van der Waals surface area (Å²) < 4.78 is 0. The molecule has 2 unspecified atom stereocenters. The lowest BCUT2D eigenvalue weighted by atomic mass is 10.0. The minimum absolute atomic E-state index is 0.631. The Morgan fingerprint density at radius 3 is 2.67 bits per heavy atom. The molecule has 0 amide bonds. The Labute approximate surface area is 112 Å². The zero-order valence-corrected chi connectivity index (χ0v) is 11.0. The fourth-order valence-electron chi connectivity index (χ4n) is 3.07. The topological polar surface area (TPSA) is 39.1 Å². The van der Waals surface area contributed by atoms with Crippen molar-refractivity contribution in [3.8, 4) is 6.07 Å². The summed E-state index contributed by atoms with van der Waals surface area (Å²) in [6.07, 6.45) is 0. The van der Waals surface area contributed by atoms with Crippen LogP contribution >= 0.6 is 11.6 Å². The molecule has 3 rings (SSSR count). The van der Waals surface area contributed by atoms with Gasteiger partial charge in [-0.2, -0.15) is 5.26 Å². The van der Waals surface area contributed by atoms with Crippen molar-refractivity contribution in [2.45, 2.75) is 6.54 Å². The summed E-state index contributed by atoms with van der Waals surface area (Å²) in [5.41, 5.74) is 1.76. The Bertz CT molecular complexity index is 482. The lowest BCUT2D eigenvalue weighted by Crippen LogP contribution is -2.25. The van der Waals surface area contributed by atoms with E-state index >= 15 is 0 Å². The van der Waals surface area contributed by atoms with E-state index in [1.165, 1.54) is 0 Å². The minimum atomic E-state index is 0.631. The quantitative estimate of drug-likeness (QED) is 0.883. The molecule has 1 N–H and O–H groups in total. The number of benzene rings is 1. The molecule has 0 spiro atoms. The van der Waals surface area contributed by atoms with Crippen LogP contribution in [0.2, 0.25) is 5.02 Å². The first-order valence-corrected chi connectivity index (χ1v) is 6.75. The number of nitriles is 1. The Morgan fingerprint density at radius 1 is 1.33 bits per heavy atom. The van der Waals surface area contributed by atoms with Crippen molar-refractivity contribution in [2.75, 3.05) is 26.2 Å². The third-order valence-corrected chi connectivity index (χ3v) is 4.39. The Morgan fingerprint density at radius 2 is 2.06 bits per heavy atom. The summed E-state index contributed by atoms with van der Waals surface area (Å²) in [4.78, 5) is 2.48. The molecule has 2 aliphatic heterocycles. The van der Waals surface area contributed by atoms with Gasteiger partial charge in [-0.05, 0) is 42.6 Å². The molecule has 2 heterocycles. The summed E-state index contributed by atoms with van der Waals surface area (Å²) in [5.74, 6) is 1.62. The Balaban J connectivity index is 1.69. The van der Waals surface area contributed by atoms with Crippen molar-refractivity contribution in [3.63, 3.8) is 0 Å². The van der Waals surface area contributed by atoms with E-state index in [9.17, 15) is 0 Å². The number of fused-ring (bicyclic) bond motifs is 1. The van der Waals surface area contributed by atoms with E-state index in [1.807, 2.05) is 12.1 Å². The standard InChI is InChI=1S/C14H16ClN3/c15-14-3-10(4-16)1-2-11(14)7-18-8-12-5-17-6-13(12)9-18/h1-3,12-13,17H,5-9H2. The van der Waals surface area contributed by atoms with Crippen molar-refractivity contribution < 1.29 is 0 Å². The molecule has 0 bridgehead atoms. The van der Waals surface area contributed by atoms with Crippen LogP contribution in [0.25, 0.3) is 0 Å². The molecule has 3 nitrogen and oxygen atoms in total. The van der Waals surface area contributed by atoms with Gasteiger partial charge in [0.25, 0.3) is 0 Å². The van der Waals surface area contributed by atoms with Gasteiger partial charge in [-0.25, -0.2) is 0 Å². The molecular formula is C14H16ClN3. The molecule has 18 heavy (non-hydrogen) atoms. The number of halogens is 1. The van der Waals surface area contributed by atoms with Gasteiger partial charge < -0.3 is 5.32 Å². The van der Waals surface area contributed by atoms with Gasteiger partial charge in [-0.15, -0.1) is 0 Å². The normalized spacial score (nSPS) is 27.1. The van der Waals surface area contributed by atoms with E-state index in [4.69, 9.17) is 16.9 Å². The van der Waals surface area contributed by atoms with Gasteiger partial charge in [0.2, 0.25) is 0 Å². The third-order valence-electron chi connectivity index (χ3n) is 4.04. The van der Waals surface area contributed by atoms with Gasteiger partial charge in [0, 0.05) is 24.7 Å². The fourth-order valence-corrected chi connectivity index (χ4v) is 3.31. The summed E-state index contributed by atoms with van der Waals surface area (Å²) in [6.45, 7) is 5.53. The molecule has 2 saturated heterocycles. The zero-order valence-electron chi connectivity index (χ0n) is 10.2. The highest BCUT2D eigenvalue weighted by Gasteiger charge is 2.35. The van der Waals surface area contributed by atoms with Crippen LogP contribution in [0.1, 0.15) is 11.1 Å². The molecule has 1 aromatic carbocycles. The second kappa shape index (κ2) is 4.89. The minimum Gasteiger partial charge on any atom is -0.316 e. The average molecular weight is 262 g/mol. The first-order valence-electron chi connectivity index (χ1n) is 6.38. The molecule has 94 valence electrons. The number of hydrogen-bond acceptors (Lipinski definition) is 3. The molecule has 4 heteroatoms. The molecule has 0 aliphatic carbocycles. The van der Waals surface area contributed by atoms with Crippen molar-refractivity contribution in [2.24, 2.45) is 11.8 Å². The maximum atomic E-state index is 8.82. The lowest BCUT2D eigenvalue weighted by molar-refractivity contribution is 0.305. The van der Waals surface area contributed by atoms with Crippen molar-refractivity contribution >= 4 is 11.6 Å². The van der Waals surface area contributed by atoms with Gasteiger partial charge in [0.15, 0.2) is 0 Å². The number of likely N-dealkylation sites (tertiary alicyclic amines) is 1. The maximum Gasteiger partial charge on any atom is 0.0992 e.